The van der Waals surface area contributed by atoms with Gasteiger partial charge in [0.2, 0.25) is 0 Å². The Morgan fingerprint density at radius 2 is 2.33 bits per heavy atom. The second kappa shape index (κ2) is 6.85. The summed E-state index contributed by atoms with van der Waals surface area (Å²) in [6.45, 7) is 6.09. The molecule has 0 spiro atoms. The van der Waals surface area contributed by atoms with Crippen LogP contribution in [0, 0.1) is 0 Å². The summed E-state index contributed by atoms with van der Waals surface area (Å²) >= 11 is 1.88. The molecule has 0 radical (unpaired) electrons. The molecule has 1 rings (SSSR count). The van der Waals surface area contributed by atoms with Crippen LogP contribution >= 0.6 is 11.8 Å². The lowest BCUT2D eigenvalue weighted by atomic mass is 10.4. The molecule has 15 heavy (non-hydrogen) atoms. The zero-order valence-corrected chi connectivity index (χ0v) is 10.5. The highest BCUT2D eigenvalue weighted by atomic mass is 32.2. The standard InChI is InChI=1S/C10H20N4S/c1-9(2)14-10(12-8-13-14)7-11-5-4-6-15-3/h8-9,11H,4-7H2,1-3H3. The normalized spacial score (nSPS) is 11.2. The summed E-state index contributed by atoms with van der Waals surface area (Å²) < 4.78 is 1.96. The summed E-state index contributed by atoms with van der Waals surface area (Å²) in [6.07, 6.45) is 4.96. The minimum absolute atomic E-state index is 0.385. The van der Waals surface area contributed by atoms with Crippen molar-refractivity contribution in [3.63, 3.8) is 0 Å². The largest absolute Gasteiger partial charge is 0.310 e. The Morgan fingerprint density at radius 1 is 1.53 bits per heavy atom. The van der Waals surface area contributed by atoms with Gasteiger partial charge in [-0.2, -0.15) is 16.9 Å². The molecule has 0 fully saturated rings. The molecular formula is C10H20N4S. The van der Waals surface area contributed by atoms with Crippen molar-refractivity contribution >= 4 is 11.8 Å². The zero-order chi connectivity index (χ0) is 11.1. The van der Waals surface area contributed by atoms with Gasteiger partial charge in [-0.15, -0.1) is 0 Å². The molecule has 1 aromatic rings. The lowest BCUT2D eigenvalue weighted by Gasteiger charge is -2.09. The number of nitrogens with one attached hydrogen (secondary N) is 1. The highest BCUT2D eigenvalue weighted by molar-refractivity contribution is 7.98. The van der Waals surface area contributed by atoms with Gasteiger partial charge in [-0.3, -0.25) is 0 Å². The molecule has 1 aromatic heterocycles. The van der Waals surface area contributed by atoms with Gasteiger partial charge in [-0.1, -0.05) is 0 Å². The number of thioether (sulfide) groups is 1. The summed E-state index contributed by atoms with van der Waals surface area (Å²) in [5.74, 6) is 2.23. The molecule has 0 atom stereocenters. The van der Waals surface area contributed by atoms with Crippen molar-refractivity contribution in [1.82, 2.24) is 20.1 Å². The van der Waals surface area contributed by atoms with Crippen molar-refractivity contribution < 1.29 is 0 Å². The van der Waals surface area contributed by atoms with Crippen LogP contribution in [0.4, 0.5) is 0 Å². The first kappa shape index (κ1) is 12.5. The first-order valence-electron chi connectivity index (χ1n) is 5.33. The number of aromatic nitrogens is 3. The van der Waals surface area contributed by atoms with Crippen LogP contribution in [0.3, 0.4) is 0 Å². The van der Waals surface area contributed by atoms with E-state index in [9.17, 15) is 0 Å². The molecule has 0 saturated carbocycles. The van der Waals surface area contributed by atoms with E-state index in [0.29, 0.717) is 6.04 Å². The molecule has 1 N–H and O–H groups in total. The maximum atomic E-state index is 4.24. The fraction of sp³-hybridized carbons (Fsp3) is 0.800. The van der Waals surface area contributed by atoms with E-state index in [1.807, 2.05) is 16.4 Å². The quantitative estimate of drug-likeness (QED) is 0.721. The molecule has 5 heteroatoms. The van der Waals surface area contributed by atoms with E-state index in [1.54, 1.807) is 6.33 Å². The van der Waals surface area contributed by atoms with E-state index in [1.165, 1.54) is 12.2 Å². The third kappa shape index (κ3) is 4.22. The molecule has 0 amide bonds. The fourth-order valence-electron chi connectivity index (χ4n) is 1.37. The van der Waals surface area contributed by atoms with E-state index in [2.05, 4.69) is 35.5 Å². The van der Waals surface area contributed by atoms with Crippen LogP contribution in [-0.2, 0) is 6.54 Å². The van der Waals surface area contributed by atoms with Gasteiger partial charge in [0.05, 0.1) is 6.54 Å². The van der Waals surface area contributed by atoms with Gasteiger partial charge in [0.25, 0.3) is 0 Å². The fourth-order valence-corrected chi connectivity index (χ4v) is 1.81. The third-order valence-electron chi connectivity index (χ3n) is 2.12. The Bertz CT molecular complexity index is 272. The van der Waals surface area contributed by atoms with Gasteiger partial charge in [-0.05, 0) is 38.8 Å². The van der Waals surface area contributed by atoms with E-state index >= 15 is 0 Å². The molecule has 0 unspecified atom stereocenters. The van der Waals surface area contributed by atoms with Crippen LogP contribution in [0.1, 0.15) is 32.1 Å². The Balaban J connectivity index is 2.28. The molecule has 86 valence electrons. The lowest BCUT2D eigenvalue weighted by Crippen LogP contribution is -2.19. The van der Waals surface area contributed by atoms with Crippen molar-refractivity contribution in [3.8, 4) is 0 Å². The zero-order valence-electron chi connectivity index (χ0n) is 9.73. The van der Waals surface area contributed by atoms with E-state index < -0.39 is 0 Å². The molecule has 0 saturated heterocycles. The predicted octanol–water partition coefficient (Wildman–Crippen LogP) is 1.70. The monoisotopic (exact) mass is 228 g/mol. The molecule has 0 aliphatic rings. The molecule has 1 heterocycles. The van der Waals surface area contributed by atoms with Crippen molar-refractivity contribution in [1.29, 1.82) is 0 Å². The highest BCUT2D eigenvalue weighted by Gasteiger charge is 2.05. The minimum atomic E-state index is 0.385. The van der Waals surface area contributed by atoms with Crippen LogP contribution in [0.2, 0.25) is 0 Å². The highest BCUT2D eigenvalue weighted by Crippen LogP contribution is 2.04. The molecule has 0 aliphatic carbocycles. The summed E-state index contributed by atoms with van der Waals surface area (Å²) in [7, 11) is 0. The minimum Gasteiger partial charge on any atom is -0.310 e. The molecule has 0 bridgehead atoms. The maximum Gasteiger partial charge on any atom is 0.141 e. The summed E-state index contributed by atoms with van der Waals surface area (Å²) in [4.78, 5) is 4.24. The van der Waals surface area contributed by atoms with Gasteiger partial charge in [0.1, 0.15) is 12.2 Å². The van der Waals surface area contributed by atoms with Gasteiger partial charge in [-0.25, -0.2) is 9.67 Å². The topological polar surface area (TPSA) is 42.7 Å². The second-order valence-electron chi connectivity index (χ2n) is 3.74. The molecule has 0 aliphatic heterocycles. The predicted molar refractivity (Wildman–Crippen MR) is 65.1 cm³/mol. The van der Waals surface area contributed by atoms with Crippen molar-refractivity contribution in [3.05, 3.63) is 12.2 Å². The van der Waals surface area contributed by atoms with Crippen molar-refractivity contribution in [2.45, 2.75) is 32.9 Å². The van der Waals surface area contributed by atoms with Crippen LogP contribution in [-0.4, -0.2) is 33.3 Å². The summed E-state index contributed by atoms with van der Waals surface area (Å²) in [5.41, 5.74) is 0. The van der Waals surface area contributed by atoms with Crippen LogP contribution in [0.15, 0.2) is 6.33 Å². The van der Waals surface area contributed by atoms with Gasteiger partial charge < -0.3 is 5.32 Å². The molecule has 0 aromatic carbocycles. The average molecular weight is 228 g/mol. The second-order valence-corrected chi connectivity index (χ2v) is 4.72. The molecular weight excluding hydrogens is 208 g/mol. The first-order chi connectivity index (χ1) is 7.25. The Labute approximate surface area is 95.9 Å². The Hall–Kier alpha value is -0.550. The van der Waals surface area contributed by atoms with Crippen LogP contribution in [0.25, 0.3) is 0 Å². The Morgan fingerprint density at radius 3 is 3.00 bits per heavy atom. The van der Waals surface area contributed by atoms with E-state index in [4.69, 9.17) is 0 Å². The van der Waals surface area contributed by atoms with Crippen LogP contribution < -0.4 is 5.32 Å². The van der Waals surface area contributed by atoms with Gasteiger partial charge >= 0.3 is 0 Å². The van der Waals surface area contributed by atoms with Crippen LogP contribution in [0.5, 0.6) is 0 Å². The summed E-state index contributed by atoms with van der Waals surface area (Å²) in [5, 5.41) is 7.57. The molecule has 4 nitrogen and oxygen atoms in total. The van der Waals surface area contributed by atoms with E-state index in [0.717, 1.165) is 18.9 Å². The third-order valence-corrected chi connectivity index (χ3v) is 2.82. The van der Waals surface area contributed by atoms with Crippen molar-refractivity contribution in [2.24, 2.45) is 0 Å². The SMILES string of the molecule is CSCCCNCc1ncnn1C(C)C. The number of hydrogen-bond acceptors (Lipinski definition) is 4. The number of nitrogens with zero attached hydrogens (tertiary/aromatic N) is 3. The number of rotatable bonds is 7. The Kier molecular flexibility index (Phi) is 5.71. The summed E-state index contributed by atoms with van der Waals surface area (Å²) in [6, 6.07) is 0.385. The van der Waals surface area contributed by atoms with Gasteiger partial charge in [0, 0.05) is 6.04 Å². The van der Waals surface area contributed by atoms with Gasteiger partial charge in [0.15, 0.2) is 0 Å². The smallest absolute Gasteiger partial charge is 0.141 e. The maximum absolute atomic E-state index is 4.24. The average Bonchev–Trinajstić information content (AvgIpc) is 2.66. The number of hydrogen-bond donors (Lipinski definition) is 1. The lowest BCUT2D eigenvalue weighted by molar-refractivity contribution is 0.490. The van der Waals surface area contributed by atoms with E-state index in [-0.39, 0.29) is 0 Å². The first-order valence-corrected chi connectivity index (χ1v) is 6.73. The van der Waals surface area contributed by atoms with Crippen molar-refractivity contribution in [2.75, 3.05) is 18.6 Å².